The van der Waals surface area contributed by atoms with Crippen LogP contribution in [-0.4, -0.2) is 13.5 Å². The van der Waals surface area contributed by atoms with Crippen molar-refractivity contribution in [1.29, 1.82) is 0 Å². The van der Waals surface area contributed by atoms with Crippen LogP contribution in [0.25, 0.3) is 0 Å². The third-order valence-corrected chi connectivity index (χ3v) is 4.84. The van der Waals surface area contributed by atoms with E-state index in [1.54, 1.807) is 0 Å². The number of carbonyl (C=O) groups excluding carboxylic acids is 1. The van der Waals surface area contributed by atoms with Gasteiger partial charge in [0.25, 0.3) is 0 Å². The molecular formula is C14H28OSi. The van der Waals surface area contributed by atoms with Gasteiger partial charge in [0.15, 0.2) is 0 Å². The van der Waals surface area contributed by atoms with Gasteiger partial charge in [0.05, 0.1) is 0 Å². The van der Waals surface area contributed by atoms with Gasteiger partial charge in [-0.3, -0.25) is 0 Å². The van der Waals surface area contributed by atoms with Crippen molar-refractivity contribution in [3.63, 3.8) is 0 Å². The molecule has 1 atom stereocenters. The molecule has 94 valence electrons. The molecule has 0 aliphatic carbocycles. The van der Waals surface area contributed by atoms with E-state index < -0.39 is 8.07 Å². The van der Waals surface area contributed by atoms with E-state index in [9.17, 15) is 4.79 Å². The highest BCUT2D eigenvalue weighted by molar-refractivity contribution is 7.03. The second-order valence-corrected chi connectivity index (χ2v) is 11.2. The monoisotopic (exact) mass is 240 g/mol. The fraction of sp³-hybridized carbons (Fsp3) is 0.786. The van der Waals surface area contributed by atoms with Crippen LogP contribution in [-0.2, 0) is 4.79 Å². The zero-order valence-electron chi connectivity index (χ0n) is 11.9. The molecule has 0 aromatic rings. The van der Waals surface area contributed by atoms with Crippen molar-refractivity contribution in [3.8, 4) is 0 Å². The van der Waals surface area contributed by atoms with Crippen molar-refractivity contribution in [2.24, 2.45) is 5.92 Å². The van der Waals surface area contributed by atoms with Crippen LogP contribution in [0.5, 0.6) is 0 Å². The van der Waals surface area contributed by atoms with Gasteiger partial charge in [-0.1, -0.05) is 38.2 Å². The van der Waals surface area contributed by atoms with E-state index in [1.807, 2.05) is 0 Å². The molecule has 0 fully saturated rings. The van der Waals surface area contributed by atoms with Crippen LogP contribution in [0, 0.1) is 5.92 Å². The first kappa shape index (κ1) is 15.6. The second-order valence-electron chi connectivity index (χ2n) is 6.18. The molecule has 0 aliphatic rings. The maximum absolute atomic E-state index is 11.8. The smallest absolute Gasteiger partial charge is 0.123 e. The zero-order valence-corrected chi connectivity index (χ0v) is 12.9. The molecule has 0 rings (SSSR count). The van der Waals surface area contributed by atoms with Crippen molar-refractivity contribution in [2.45, 2.75) is 66.1 Å². The molecule has 0 N–H and O–H groups in total. The molecule has 0 saturated heterocycles. The normalized spacial score (nSPS) is 13.4. The number of rotatable bonds is 7. The Kier molecular flexibility index (Phi) is 6.89. The summed E-state index contributed by atoms with van der Waals surface area (Å²) in [6.45, 7) is 13.0. The van der Waals surface area contributed by atoms with Gasteiger partial charge in [-0.05, 0) is 39.0 Å². The highest BCUT2D eigenvalue weighted by atomic mass is 28.3. The van der Waals surface area contributed by atoms with Crippen molar-refractivity contribution >= 4 is 13.5 Å². The lowest BCUT2D eigenvalue weighted by Crippen LogP contribution is -2.33. The molecule has 0 spiro atoms. The van der Waals surface area contributed by atoms with Gasteiger partial charge < -0.3 is 4.79 Å². The molecular weight excluding hydrogens is 212 g/mol. The number of hydrogen-bond donors (Lipinski definition) is 0. The molecule has 0 aliphatic heterocycles. The Bertz CT molecular complexity index is 244. The Morgan fingerprint density at radius 2 is 1.75 bits per heavy atom. The van der Waals surface area contributed by atoms with Gasteiger partial charge in [-0.15, -0.1) is 0 Å². The Hall–Kier alpha value is -0.373. The summed E-state index contributed by atoms with van der Waals surface area (Å²) in [6.07, 6.45) is 6.52. The maximum atomic E-state index is 11.8. The first-order valence-electron chi connectivity index (χ1n) is 6.40. The second kappa shape index (κ2) is 7.05. The van der Waals surface area contributed by atoms with Crippen LogP contribution in [0.1, 0.15) is 46.5 Å². The van der Waals surface area contributed by atoms with Gasteiger partial charge in [-0.25, -0.2) is 0 Å². The molecule has 1 nitrogen and oxygen atoms in total. The Labute approximate surface area is 102 Å². The maximum Gasteiger partial charge on any atom is 0.123 e. The molecule has 0 radical (unpaired) electrons. The van der Waals surface area contributed by atoms with Gasteiger partial charge in [0, 0.05) is 6.42 Å². The predicted octanol–water partition coefficient (Wildman–Crippen LogP) is 4.60. The largest absolute Gasteiger partial charge is 0.305 e. The Morgan fingerprint density at radius 3 is 2.19 bits per heavy atom. The van der Waals surface area contributed by atoms with E-state index >= 15 is 0 Å². The summed E-state index contributed by atoms with van der Waals surface area (Å²) in [5.74, 6) is 0.677. The van der Waals surface area contributed by atoms with E-state index in [0.29, 0.717) is 11.3 Å². The lowest BCUT2D eigenvalue weighted by molar-refractivity contribution is -0.113. The van der Waals surface area contributed by atoms with Crippen LogP contribution in [0.4, 0.5) is 0 Å². The standard InChI is InChI=1S/C14H28OSi/c1-12(2)8-7-9-13(3)10-11-14(15)16(4,5)6/h8,13H,7,9-11H2,1-6H3. The lowest BCUT2D eigenvalue weighted by atomic mass is 9.99. The van der Waals surface area contributed by atoms with E-state index in [0.717, 1.165) is 19.3 Å². The number of hydrogen-bond acceptors (Lipinski definition) is 1. The third-order valence-electron chi connectivity index (χ3n) is 2.91. The molecule has 1 unspecified atom stereocenters. The minimum absolute atomic E-state index is 0.529. The van der Waals surface area contributed by atoms with E-state index in [4.69, 9.17) is 0 Å². The highest BCUT2D eigenvalue weighted by Gasteiger charge is 2.23. The van der Waals surface area contributed by atoms with Gasteiger partial charge >= 0.3 is 0 Å². The Morgan fingerprint density at radius 1 is 1.19 bits per heavy atom. The number of carbonyl (C=O) groups is 1. The first-order valence-corrected chi connectivity index (χ1v) is 9.90. The highest BCUT2D eigenvalue weighted by Crippen LogP contribution is 2.16. The molecule has 0 bridgehead atoms. The third kappa shape index (κ3) is 7.86. The fourth-order valence-electron chi connectivity index (χ4n) is 1.55. The summed E-state index contributed by atoms with van der Waals surface area (Å²) in [5, 5.41) is 0.529. The summed E-state index contributed by atoms with van der Waals surface area (Å²) in [5.41, 5.74) is 1.39. The fourth-order valence-corrected chi connectivity index (χ4v) is 2.45. The SMILES string of the molecule is CC(C)=CCCC(C)CCC(=O)[Si](C)(C)C. The van der Waals surface area contributed by atoms with E-state index in [1.165, 1.54) is 12.0 Å². The summed E-state index contributed by atoms with van der Waals surface area (Å²) in [6, 6.07) is 0. The van der Waals surface area contributed by atoms with E-state index in [2.05, 4.69) is 46.5 Å². The molecule has 0 heterocycles. The minimum Gasteiger partial charge on any atom is -0.305 e. The molecule has 0 aromatic heterocycles. The zero-order chi connectivity index (χ0) is 12.8. The van der Waals surface area contributed by atoms with Crippen LogP contribution in [0.3, 0.4) is 0 Å². The van der Waals surface area contributed by atoms with Crippen molar-refractivity contribution in [1.82, 2.24) is 0 Å². The quantitative estimate of drug-likeness (QED) is 0.470. The molecule has 2 heteroatoms. The van der Waals surface area contributed by atoms with Crippen LogP contribution < -0.4 is 0 Å². The summed E-state index contributed by atoms with van der Waals surface area (Å²) < 4.78 is 0. The molecule has 0 saturated carbocycles. The average Bonchev–Trinajstić information content (AvgIpc) is 2.11. The predicted molar refractivity (Wildman–Crippen MR) is 75.4 cm³/mol. The summed E-state index contributed by atoms with van der Waals surface area (Å²) in [7, 11) is -1.53. The van der Waals surface area contributed by atoms with Gasteiger partial charge in [-0.2, -0.15) is 0 Å². The minimum atomic E-state index is -1.53. The van der Waals surface area contributed by atoms with Crippen LogP contribution >= 0.6 is 0 Å². The Balaban J connectivity index is 3.78. The van der Waals surface area contributed by atoms with Crippen LogP contribution in [0.15, 0.2) is 11.6 Å². The molecule has 0 aromatic carbocycles. The van der Waals surface area contributed by atoms with Crippen molar-refractivity contribution in [3.05, 3.63) is 11.6 Å². The average molecular weight is 240 g/mol. The summed E-state index contributed by atoms with van der Waals surface area (Å²) >= 11 is 0. The first-order chi connectivity index (χ1) is 7.23. The van der Waals surface area contributed by atoms with Crippen molar-refractivity contribution < 1.29 is 4.79 Å². The van der Waals surface area contributed by atoms with Crippen LogP contribution in [0.2, 0.25) is 19.6 Å². The number of allylic oxidation sites excluding steroid dienone is 2. The topological polar surface area (TPSA) is 17.1 Å². The summed E-state index contributed by atoms with van der Waals surface area (Å²) in [4.78, 5) is 11.8. The van der Waals surface area contributed by atoms with Gasteiger partial charge in [0.1, 0.15) is 13.5 Å². The molecule has 0 amide bonds. The van der Waals surface area contributed by atoms with Gasteiger partial charge in [0.2, 0.25) is 0 Å². The van der Waals surface area contributed by atoms with Crippen molar-refractivity contribution in [2.75, 3.05) is 0 Å². The lowest BCUT2D eigenvalue weighted by Gasteiger charge is -2.16. The van der Waals surface area contributed by atoms with E-state index in [-0.39, 0.29) is 0 Å². The molecule has 16 heavy (non-hydrogen) atoms.